The predicted octanol–water partition coefficient (Wildman–Crippen LogP) is 3.15. The molecule has 3 aromatic heterocycles. The number of aliphatic hydroxyl groups is 1. The topological polar surface area (TPSA) is 123 Å². The van der Waals surface area contributed by atoms with Crippen molar-refractivity contribution in [2.75, 3.05) is 0 Å². The molecule has 0 aromatic carbocycles. The molecule has 1 amide bonds. The molecule has 0 bridgehead atoms. The van der Waals surface area contributed by atoms with Gasteiger partial charge in [-0.3, -0.25) is 9.78 Å². The Hall–Kier alpha value is -3.33. The van der Waals surface area contributed by atoms with Crippen LogP contribution in [0.25, 0.3) is 11.3 Å². The molecule has 3 aromatic rings. The molecule has 168 valence electrons. The fraction of sp³-hybridized carbons (Fsp3) is 0.435. The third-order valence-electron chi connectivity index (χ3n) is 5.79. The number of amides is 1. The number of aryl methyl sites for hydroxylation is 2. The molecule has 4 rings (SSSR count). The highest BCUT2D eigenvalue weighted by atomic mass is 16.5. The van der Waals surface area contributed by atoms with Gasteiger partial charge < -0.3 is 19.7 Å². The van der Waals surface area contributed by atoms with Crippen LogP contribution in [0, 0.1) is 13.8 Å². The van der Waals surface area contributed by atoms with Gasteiger partial charge in [-0.2, -0.15) is 0 Å². The van der Waals surface area contributed by atoms with E-state index in [9.17, 15) is 9.90 Å². The molecule has 1 aliphatic rings. The Bertz CT molecular complexity index is 1070. The zero-order chi connectivity index (χ0) is 22.7. The zero-order valence-corrected chi connectivity index (χ0v) is 18.5. The van der Waals surface area contributed by atoms with Crippen molar-refractivity contribution in [3.63, 3.8) is 0 Å². The summed E-state index contributed by atoms with van der Waals surface area (Å²) in [5, 5.41) is 17.1. The van der Waals surface area contributed by atoms with Crippen LogP contribution in [0.3, 0.4) is 0 Å². The smallest absolute Gasteiger partial charge is 0.271 e. The van der Waals surface area contributed by atoms with Crippen molar-refractivity contribution in [3.05, 3.63) is 53.4 Å². The first kappa shape index (κ1) is 21.9. The summed E-state index contributed by atoms with van der Waals surface area (Å²) in [6.07, 6.45) is 7.38. The molecule has 3 heterocycles. The Labute approximate surface area is 186 Å². The molecule has 32 heavy (non-hydrogen) atoms. The zero-order valence-electron chi connectivity index (χ0n) is 18.5. The molecule has 0 aliphatic heterocycles. The number of aromatic nitrogens is 4. The second kappa shape index (κ2) is 9.04. The molecule has 1 saturated carbocycles. The van der Waals surface area contributed by atoms with Crippen LogP contribution >= 0.6 is 0 Å². The summed E-state index contributed by atoms with van der Waals surface area (Å²) in [7, 11) is 0. The van der Waals surface area contributed by atoms with Gasteiger partial charge in [0.15, 0.2) is 0 Å². The van der Waals surface area contributed by atoms with E-state index in [1.54, 1.807) is 6.20 Å². The highest BCUT2D eigenvalue weighted by molar-refractivity contribution is 5.92. The van der Waals surface area contributed by atoms with Gasteiger partial charge in [0.1, 0.15) is 23.8 Å². The number of ether oxygens (including phenoxy) is 1. The Balaban J connectivity index is 1.36. The lowest BCUT2D eigenvalue weighted by atomic mass is 9.83. The lowest BCUT2D eigenvalue weighted by molar-refractivity contribution is 0.0140. The Morgan fingerprint density at radius 1 is 1.19 bits per heavy atom. The summed E-state index contributed by atoms with van der Waals surface area (Å²) in [6.45, 7) is 5.77. The van der Waals surface area contributed by atoms with Crippen molar-refractivity contribution in [3.8, 4) is 17.1 Å². The van der Waals surface area contributed by atoms with E-state index in [0.717, 1.165) is 29.7 Å². The molecule has 2 N–H and O–H groups in total. The van der Waals surface area contributed by atoms with Crippen molar-refractivity contribution in [2.24, 2.45) is 0 Å². The van der Waals surface area contributed by atoms with E-state index in [0.29, 0.717) is 30.2 Å². The molecule has 1 fully saturated rings. The fourth-order valence-corrected chi connectivity index (χ4v) is 3.69. The number of rotatable bonds is 6. The van der Waals surface area contributed by atoms with E-state index in [1.165, 1.54) is 12.4 Å². The maximum atomic E-state index is 12.5. The molecule has 0 spiro atoms. The van der Waals surface area contributed by atoms with Crippen LogP contribution in [-0.2, 0) is 6.61 Å². The van der Waals surface area contributed by atoms with Gasteiger partial charge in [0, 0.05) is 23.5 Å². The van der Waals surface area contributed by atoms with Crippen molar-refractivity contribution >= 4 is 5.91 Å². The quantitative estimate of drug-likeness (QED) is 0.603. The second-order valence-corrected chi connectivity index (χ2v) is 8.53. The van der Waals surface area contributed by atoms with Crippen LogP contribution in [-0.4, -0.2) is 42.8 Å². The maximum Gasteiger partial charge on any atom is 0.271 e. The number of nitrogens with zero attached hydrogens (tertiary/aromatic N) is 4. The number of pyridine rings is 1. The van der Waals surface area contributed by atoms with Crippen LogP contribution < -0.4 is 10.1 Å². The van der Waals surface area contributed by atoms with Crippen LogP contribution in [0.1, 0.15) is 60.1 Å². The van der Waals surface area contributed by atoms with E-state index >= 15 is 0 Å². The molecule has 9 nitrogen and oxygen atoms in total. The van der Waals surface area contributed by atoms with Gasteiger partial charge in [0.25, 0.3) is 5.91 Å². The summed E-state index contributed by atoms with van der Waals surface area (Å²) in [6, 6.07) is 3.88. The highest BCUT2D eigenvalue weighted by Gasteiger charge is 2.29. The maximum absolute atomic E-state index is 12.5. The van der Waals surface area contributed by atoms with E-state index in [-0.39, 0.29) is 24.2 Å². The molecule has 9 heteroatoms. The van der Waals surface area contributed by atoms with Gasteiger partial charge in [-0.1, -0.05) is 5.16 Å². The van der Waals surface area contributed by atoms with E-state index in [4.69, 9.17) is 9.26 Å². The standard InChI is InChI=1S/C23H27N5O4/c1-14-4-5-16(10-24-14)21-18(15(2)32-28-21)13-31-20-12-25-19(11-26-20)22(29)27-17-6-8-23(3,30)9-7-17/h4-5,10-12,17,30H,6-9,13H2,1-3H3,(H,27,29). The normalized spacial score (nSPS) is 20.7. The summed E-state index contributed by atoms with van der Waals surface area (Å²) in [5.74, 6) is 0.666. The van der Waals surface area contributed by atoms with E-state index < -0.39 is 5.60 Å². The number of carbonyl (C=O) groups is 1. The Kier molecular flexibility index (Phi) is 6.18. The number of hydrogen-bond donors (Lipinski definition) is 2. The van der Waals surface area contributed by atoms with Gasteiger partial charge in [0.2, 0.25) is 5.88 Å². The fourth-order valence-electron chi connectivity index (χ4n) is 3.69. The van der Waals surface area contributed by atoms with E-state index in [1.807, 2.05) is 32.9 Å². The SMILES string of the molecule is Cc1ccc(-c2noc(C)c2COc2cnc(C(=O)NC3CCC(C)(O)CC3)cn2)cn1. The highest BCUT2D eigenvalue weighted by Crippen LogP contribution is 2.28. The average Bonchev–Trinajstić information content (AvgIpc) is 3.15. The van der Waals surface area contributed by atoms with Gasteiger partial charge >= 0.3 is 0 Å². The minimum atomic E-state index is -0.640. The third-order valence-corrected chi connectivity index (χ3v) is 5.79. The predicted molar refractivity (Wildman–Crippen MR) is 116 cm³/mol. The van der Waals surface area contributed by atoms with Crippen LogP contribution in [0.5, 0.6) is 5.88 Å². The molecule has 0 radical (unpaired) electrons. The summed E-state index contributed by atoms with van der Waals surface area (Å²) >= 11 is 0. The second-order valence-electron chi connectivity index (χ2n) is 8.53. The van der Waals surface area contributed by atoms with Gasteiger partial charge in [0.05, 0.1) is 23.6 Å². The Morgan fingerprint density at radius 3 is 2.62 bits per heavy atom. The van der Waals surface area contributed by atoms with Crippen LogP contribution in [0.15, 0.2) is 35.2 Å². The molecule has 0 unspecified atom stereocenters. The van der Waals surface area contributed by atoms with Gasteiger partial charge in [-0.15, -0.1) is 0 Å². The molecule has 1 aliphatic carbocycles. The van der Waals surface area contributed by atoms with Gasteiger partial charge in [-0.05, 0) is 58.6 Å². The third kappa shape index (κ3) is 5.11. The van der Waals surface area contributed by atoms with Crippen LogP contribution in [0.4, 0.5) is 0 Å². The monoisotopic (exact) mass is 437 g/mol. The van der Waals surface area contributed by atoms with Crippen LogP contribution in [0.2, 0.25) is 0 Å². The van der Waals surface area contributed by atoms with Crippen molar-refractivity contribution in [1.82, 2.24) is 25.4 Å². The number of carbonyl (C=O) groups excluding carboxylic acids is 1. The van der Waals surface area contributed by atoms with Crippen molar-refractivity contribution < 1.29 is 19.2 Å². The number of nitrogens with one attached hydrogen (secondary N) is 1. The first-order valence-electron chi connectivity index (χ1n) is 10.7. The summed E-state index contributed by atoms with van der Waals surface area (Å²) in [4.78, 5) is 25.2. The first-order valence-corrected chi connectivity index (χ1v) is 10.7. The lowest BCUT2D eigenvalue weighted by Crippen LogP contribution is -2.42. The summed E-state index contributed by atoms with van der Waals surface area (Å²) < 4.78 is 11.1. The largest absolute Gasteiger partial charge is 0.471 e. The molecular weight excluding hydrogens is 410 g/mol. The van der Waals surface area contributed by atoms with E-state index in [2.05, 4.69) is 25.4 Å². The number of hydrogen-bond acceptors (Lipinski definition) is 8. The first-order chi connectivity index (χ1) is 15.3. The minimum absolute atomic E-state index is 0.0340. The minimum Gasteiger partial charge on any atom is -0.471 e. The van der Waals surface area contributed by atoms with Crippen molar-refractivity contribution in [1.29, 1.82) is 0 Å². The Morgan fingerprint density at radius 2 is 1.97 bits per heavy atom. The molecule has 0 atom stereocenters. The molecule has 0 saturated heterocycles. The summed E-state index contributed by atoms with van der Waals surface area (Å²) in [5.41, 5.74) is 2.81. The lowest BCUT2D eigenvalue weighted by Gasteiger charge is -2.33. The molecular formula is C23H27N5O4. The average molecular weight is 438 g/mol. The van der Waals surface area contributed by atoms with Gasteiger partial charge in [-0.25, -0.2) is 9.97 Å². The van der Waals surface area contributed by atoms with Crippen molar-refractivity contribution in [2.45, 2.75) is 64.7 Å².